The molecule has 0 saturated carbocycles. The fourth-order valence-corrected chi connectivity index (χ4v) is 4.25. The van der Waals surface area contributed by atoms with Crippen molar-refractivity contribution in [2.45, 2.75) is 26.6 Å². The van der Waals surface area contributed by atoms with Gasteiger partial charge < -0.3 is 17.7 Å². The number of hydrogen-bond donors (Lipinski definition) is 2. The molecule has 0 saturated heterocycles. The Labute approximate surface area is 197 Å². The molecule has 2 N–H and O–H groups in total. The van der Waals surface area contributed by atoms with Crippen molar-refractivity contribution in [3.63, 3.8) is 0 Å². The van der Waals surface area contributed by atoms with Crippen molar-refractivity contribution in [3.8, 4) is 0 Å². The first-order valence-electron chi connectivity index (χ1n) is 9.53. The summed E-state index contributed by atoms with van der Waals surface area (Å²) in [5, 5.41) is 17.9. The molecule has 3 rings (SSSR count). The van der Waals surface area contributed by atoms with Gasteiger partial charge in [0, 0.05) is 13.0 Å². The number of rotatable bonds is 8. The van der Waals surface area contributed by atoms with Crippen LogP contribution in [0.4, 0.5) is 35.4 Å². The van der Waals surface area contributed by atoms with E-state index in [9.17, 15) is 28.1 Å². The number of thiazole rings is 1. The van der Waals surface area contributed by atoms with Crippen LogP contribution in [-0.2, 0) is 12.7 Å². The van der Waals surface area contributed by atoms with E-state index in [-0.39, 0.29) is 37.0 Å². The van der Waals surface area contributed by atoms with Gasteiger partial charge in [0.1, 0.15) is 28.5 Å². The lowest BCUT2D eigenvalue weighted by Gasteiger charge is -2.11. The molecule has 0 bridgehead atoms. The van der Waals surface area contributed by atoms with Gasteiger partial charge >= 0.3 is 11.3 Å². The zero-order chi connectivity index (χ0) is 23.5. The molecule has 12 heteroatoms. The van der Waals surface area contributed by atoms with Gasteiger partial charge in [-0.3, -0.25) is 14.9 Å². The number of halogens is 4. The minimum Gasteiger partial charge on any atom is -1.00 e. The van der Waals surface area contributed by atoms with Gasteiger partial charge in [-0.2, -0.15) is 13.2 Å². The van der Waals surface area contributed by atoms with E-state index in [4.69, 9.17) is 0 Å². The fourth-order valence-electron chi connectivity index (χ4n) is 3.15. The molecule has 0 unspecified atom stereocenters. The number of aromatic nitrogens is 1. The van der Waals surface area contributed by atoms with Crippen molar-refractivity contribution in [1.29, 1.82) is 0 Å². The van der Waals surface area contributed by atoms with Crippen LogP contribution in [0.2, 0.25) is 0 Å². The third-order valence-corrected chi connectivity index (χ3v) is 6.00. The maximum absolute atomic E-state index is 13.0. The number of nitrogens with one attached hydrogen (secondary N) is 2. The summed E-state index contributed by atoms with van der Waals surface area (Å²) in [7, 11) is 0. The number of nitro benzene ring substituents is 1. The van der Waals surface area contributed by atoms with Gasteiger partial charge in [-0.15, -0.1) is 0 Å². The van der Waals surface area contributed by atoms with Crippen molar-refractivity contribution >= 4 is 39.3 Å². The van der Waals surface area contributed by atoms with Gasteiger partial charge in [0.2, 0.25) is 0 Å². The molecule has 0 amide bonds. The van der Waals surface area contributed by atoms with E-state index in [1.807, 2.05) is 34.9 Å². The van der Waals surface area contributed by atoms with Gasteiger partial charge in [0.25, 0.3) is 5.69 Å². The standard InChI is InChI=1S/C21H19F3N4O3S.ClH/c1-13-19(14(2)29)32-20(26-16-6-4-3-5-7-16)27(13)11-10-25-17-12-15(21(22,23)24)8-9-18(17)28(30)31;/h3-9,12,25H,10-11H2,1-2H3;1H. The topological polar surface area (TPSA) is 88.2 Å². The number of carbonyl (C=O) groups is 1. The molecule has 33 heavy (non-hydrogen) atoms. The Hall–Kier alpha value is -3.18. The maximum atomic E-state index is 13.0. The summed E-state index contributed by atoms with van der Waals surface area (Å²) in [4.78, 5) is 23.1. The molecular formula is C21H20ClF3N4O3S. The number of nitro groups is 1. The highest BCUT2D eigenvalue weighted by atomic mass is 35.5. The Balaban J connectivity index is 0.00000385. The van der Waals surface area contributed by atoms with Crippen molar-refractivity contribution in [2.24, 2.45) is 0 Å². The smallest absolute Gasteiger partial charge is 0.416 e. The van der Waals surface area contributed by atoms with E-state index in [0.29, 0.717) is 21.8 Å². The highest BCUT2D eigenvalue weighted by Gasteiger charge is 2.32. The molecular weight excluding hydrogens is 481 g/mol. The molecule has 0 aliphatic heterocycles. The Morgan fingerprint density at radius 1 is 1.18 bits per heavy atom. The van der Waals surface area contributed by atoms with Crippen LogP contribution in [0.15, 0.2) is 48.5 Å². The predicted molar refractivity (Wildman–Crippen MR) is 116 cm³/mol. The fraction of sp³-hybridized carbons (Fsp3) is 0.238. The average molecular weight is 501 g/mol. The Morgan fingerprint density at radius 2 is 1.85 bits per heavy atom. The summed E-state index contributed by atoms with van der Waals surface area (Å²) in [6.07, 6.45) is -4.62. The molecule has 0 atom stereocenters. The molecule has 7 nitrogen and oxygen atoms in total. The van der Waals surface area contributed by atoms with Gasteiger partial charge in [0.05, 0.1) is 17.0 Å². The maximum Gasteiger partial charge on any atom is 0.416 e. The number of nitrogens with zero attached hydrogens (tertiary/aromatic N) is 2. The molecule has 176 valence electrons. The number of ketones is 1. The van der Waals surface area contributed by atoms with Crippen LogP contribution in [0, 0.1) is 17.0 Å². The Bertz CT molecular complexity index is 1150. The van der Waals surface area contributed by atoms with Gasteiger partial charge in [-0.1, -0.05) is 18.2 Å². The zero-order valence-electron chi connectivity index (χ0n) is 17.6. The lowest BCUT2D eigenvalue weighted by molar-refractivity contribution is -0.681. The third kappa shape index (κ3) is 6.20. The van der Waals surface area contributed by atoms with Crippen LogP contribution in [-0.4, -0.2) is 17.3 Å². The number of carbonyl (C=O) groups excluding carboxylic acids is 1. The number of para-hydroxylation sites is 1. The van der Waals surface area contributed by atoms with E-state index >= 15 is 0 Å². The molecule has 1 aromatic heterocycles. The second kappa shape index (κ2) is 10.6. The quantitative estimate of drug-likeness (QED) is 0.214. The highest BCUT2D eigenvalue weighted by Crippen LogP contribution is 2.34. The van der Waals surface area contributed by atoms with Crippen molar-refractivity contribution in [1.82, 2.24) is 0 Å². The molecule has 0 fully saturated rings. The summed E-state index contributed by atoms with van der Waals surface area (Å²) in [6.45, 7) is 3.60. The second-order valence-electron chi connectivity index (χ2n) is 6.93. The van der Waals surface area contributed by atoms with Crippen LogP contribution in [0.25, 0.3) is 0 Å². The Morgan fingerprint density at radius 3 is 2.42 bits per heavy atom. The number of hydrogen-bond acceptors (Lipinski definition) is 6. The lowest BCUT2D eigenvalue weighted by Crippen LogP contribution is -3.00. The van der Waals surface area contributed by atoms with Crippen LogP contribution >= 0.6 is 11.3 Å². The molecule has 2 aromatic carbocycles. The number of anilines is 3. The second-order valence-corrected chi connectivity index (χ2v) is 7.93. The monoisotopic (exact) mass is 500 g/mol. The highest BCUT2D eigenvalue weighted by molar-refractivity contribution is 7.17. The molecule has 0 radical (unpaired) electrons. The van der Waals surface area contributed by atoms with Crippen LogP contribution < -0.4 is 27.6 Å². The van der Waals surface area contributed by atoms with E-state index in [1.165, 1.54) is 18.3 Å². The third-order valence-electron chi connectivity index (χ3n) is 4.69. The first-order chi connectivity index (χ1) is 15.1. The van der Waals surface area contributed by atoms with Crippen molar-refractivity contribution < 1.29 is 39.9 Å². The molecule has 0 aliphatic carbocycles. The largest absolute Gasteiger partial charge is 1.00 e. The van der Waals surface area contributed by atoms with Gasteiger partial charge in [-0.05, 0) is 42.5 Å². The van der Waals surface area contributed by atoms with E-state index in [0.717, 1.165) is 17.8 Å². The summed E-state index contributed by atoms with van der Waals surface area (Å²) in [5.41, 5.74) is -0.143. The summed E-state index contributed by atoms with van der Waals surface area (Å²) in [6, 6.07) is 11.5. The summed E-state index contributed by atoms with van der Waals surface area (Å²) < 4.78 is 40.9. The molecule has 3 aromatic rings. The van der Waals surface area contributed by atoms with Crippen LogP contribution in [0.5, 0.6) is 0 Å². The van der Waals surface area contributed by atoms with Crippen LogP contribution in [0.1, 0.15) is 27.9 Å². The Kier molecular flexibility index (Phi) is 8.39. The summed E-state index contributed by atoms with van der Waals surface area (Å²) >= 11 is 1.27. The number of alkyl halides is 3. The summed E-state index contributed by atoms with van der Waals surface area (Å²) in [5.74, 6) is -0.108. The minimum atomic E-state index is -4.62. The van der Waals surface area contributed by atoms with Gasteiger partial charge in [0.15, 0.2) is 5.78 Å². The minimum absolute atomic E-state index is 0. The normalized spacial score (nSPS) is 10.9. The van der Waals surface area contributed by atoms with Crippen LogP contribution in [0.3, 0.4) is 0 Å². The molecule has 0 spiro atoms. The average Bonchev–Trinajstić information content (AvgIpc) is 3.03. The van der Waals surface area contributed by atoms with Crippen molar-refractivity contribution in [2.75, 3.05) is 17.2 Å². The molecule has 0 aliphatic rings. The van der Waals surface area contributed by atoms with E-state index in [2.05, 4.69) is 10.6 Å². The first kappa shape index (κ1) is 26.1. The zero-order valence-corrected chi connectivity index (χ0v) is 19.1. The predicted octanol–water partition coefficient (Wildman–Crippen LogP) is 2.33. The first-order valence-corrected chi connectivity index (χ1v) is 10.4. The lowest BCUT2D eigenvalue weighted by atomic mass is 10.1. The van der Waals surface area contributed by atoms with Gasteiger partial charge in [-0.25, -0.2) is 9.88 Å². The number of benzene rings is 2. The van der Waals surface area contributed by atoms with Crippen molar-refractivity contribution in [3.05, 3.63) is 74.8 Å². The van der Waals surface area contributed by atoms with E-state index < -0.39 is 22.4 Å². The molecule has 1 heterocycles. The SMILES string of the molecule is CC(=O)c1sc(Nc2ccccc2)[n+](CCNc2cc(C(F)(F)F)ccc2[N+](=O)[O-])c1C.[Cl-]. The van der Waals surface area contributed by atoms with E-state index in [1.54, 1.807) is 6.92 Å². The number of Topliss-reactive ketones (excluding diaryl/α,β-unsaturated/α-hetero) is 1.